The van der Waals surface area contributed by atoms with Crippen molar-refractivity contribution in [1.29, 1.82) is 0 Å². The second-order valence-electron chi connectivity index (χ2n) is 3.43. The molecular weight excluding hydrogens is 164 g/mol. The number of benzene rings is 1. The Balaban J connectivity index is 2.53. The Labute approximate surface area is 77.7 Å². The molecule has 13 heavy (non-hydrogen) atoms. The van der Waals surface area contributed by atoms with E-state index in [0.29, 0.717) is 0 Å². The molecule has 0 fully saturated rings. The van der Waals surface area contributed by atoms with Gasteiger partial charge in [0, 0.05) is 17.8 Å². The van der Waals surface area contributed by atoms with Crippen LogP contribution in [0.25, 0.3) is 0 Å². The summed E-state index contributed by atoms with van der Waals surface area (Å²) in [5, 5.41) is 0. The van der Waals surface area contributed by atoms with Gasteiger partial charge in [0.25, 0.3) is 0 Å². The summed E-state index contributed by atoms with van der Waals surface area (Å²) in [6.45, 7) is 0. The van der Waals surface area contributed by atoms with Crippen molar-refractivity contribution in [1.82, 2.24) is 0 Å². The molecule has 3 heteroatoms. The molecule has 0 heterocycles. The fourth-order valence-electron chi connectivity index (χ4n) is 1.94. The van der Waals surface area contributed by atoms with Gasteiger partial charge in [0.1, 0.15) is 5.75 Å². The predicted octanol–water partition coefficient (Wildman–Crippen LogP) is 1.22. The molecule has 1 aliphatic rings. The van der Waals surface area contributed by atoms with Crippen LogP contribution in [0.1, 0.15) is 23.6 Å². The Bertz CT molecular complexity index is 336. The number of methoxy groups -OCH3 is 1. The zero-order chi connectivity index (χ0) is 9.42. The summed E-state index contributed by atoms with van der Waals surface area (Å²) in [4.78, 5) is 0. The highest BCUT2D eigenvalue weighted by Crippen LogP contribution is 2.36. The van der Waals surface area contributed by atoms with Crippen LogP contribution < -0.4 is 16.2 Å². The van der Waals surface area contributed by atoms with Crippen LogP contribution in [-0.2, 0) is 6.42 Å². The molecule has 0 aliphatic heterocycles. The first kappa shape index (κ1) is 8.38. The van der Waals surface area contributed by atoms with Gasteiger partial charge in [0.05, 0.1) is 7.11 Å². The molecule has 3 nitrogen and oxygen atoms in total. The van der Waals surface area contributed by atoms with Crippen molar-refractivity contribution in [3.63, 3.8) is 0 Å². The average Bonchev–Trinajstić information content (AvgIpc) is 2.48. The Morgan fingerprint density at radius 3 is 2.92 bits per heavy atom. The molecule has 0 unspecified atom stereocenters. The number of hydrogen-bond acceptors (Lipinski definition) is 3. The van der Waals surface area contributed by atoms with Crippen LogP contribution in [-0.4, -0.2) is 7.11 Å². The zero-order valence-electron chi connectivity index (χ0n) is 7.71. The average molecular weight is 178 g/mol. The highest BCUT2D eigenvalue weighted by molar-refractivity contribution is 5.58. The highest BCUT2D eigenvalue weighted by atomic mass is 16.5. The van der Waals surface area contributed by atoms with E-state index >= 15 is 0 Å². The number of rotatable bonds is 1. The summed E-state index contributed by atoms with van der Waals surface area (Å²) in [6.07, 6.45) is 2.00. The Morgan fingerprint density at radius 1 is 1.46 bits per heavy atom. The summed E-state index contributed by atoms with van der Waals surface area (Å²) < 4.78 is 5.13. The van der Waals surface area contributed by atoms with Crippen molar-refractivity contribution in [2.24, 2.45) is 5.73 Å². The third kappa shape index (κ3) is 1.25. The van der Waals surface area contributed by atoms with Gasteiger partial charge in [-0.25, -0.2) is 0 Å². The number of fused-ring (bicyclic) bond motifs is 1. The zero-order valence-corrected chi connectivity index (χ0v) is 7.71. The minimum absolute atomic E-state index is 0.112. The second-order valence-corrected chi connectivity index (χ2v) is 3.43. The lowest BCUT2D eigenvalue weighted by Crippen LogP contribution is -2.08. The van der Waals surface area contributed by atoms with Crippen molar-refractivity contribution in [2.45, 2.75) is 18.9 Å². The molecule has 0 amide bonds. The Kier molecular flexibility index (Phi) is 1.88. The molecular formula is C10H14N2O. The SMILES string of the molecule is COc1cc(N)c2c(c1)CC[C@@H]2N. The van der Waals surface area contributed by atoms with Crippen molar-refractivity contribution >= 4 is 5.69 Å². The van der Waals surface area contributed by atoms with E-state index in [1.165, 1.54) is 5.56 Å². The van der Waals surface area contributed by atoms with Crippen LogP contribution in [0, 0.1) is 0 Å². The van der Waals surface area contributed by atoms with E-state index in [4.69, 9.17) is 16.2 Å². The normalized spacial score (nSPS) is 20.0. The molecule has 1 atom stereocenters. The number of aryl methyl sites for hydroxylation is 1. The molecule has 0 saturated carbocycles. The van der Waals surface area contributed by atoms with Crippen LogP contribution in [0.2, 0.25) is 0 Å². The maximum Gasteiger partial charge on any atom is 0.121 e. The fourth-order valence-corrected chi connectivity index (χ4v) is 1.94. The number of anilines is 1. The molecule has 0 saturated heterocycles. The maximum absolute atomic E-state index is 5.92. The summed E-state index contributed by atoms with van der Waals surface area (Å²) >= 11 is 0. The number of nitrogen functional groups attached to an aromatic ring is 1. The van der Waals surface area contributed by atoms with E-state index in [1.54, 1.807) is 7.11 Å². The molecule has 70 valence electrons. The van der Waals surface area contributed by atoms with Crippen molar-refractivity contribution < 1.29 is 4.74 Å². The lowest BCUT2D eigenvalue weighted by molar-refractivity contribution is 0.414. The third-order valence-corrected chi connectivity index (χ3v) is 2.60. The van der Waals surface area contributed by atoms with Gasteiger partial charge in [-0.05, 0) is 30.0 Å². The van der Waals surface area contributed by atoms with E-state index < -0.39 is 0 Å². The van der Waals surface area contributed by atoms with Gasteiger partial charge in [-0.1, -0.05) is 0 Å². The van der Waals surface area contributed by atoms with Gasteiger partial charge in [0.15, 0.2) is 0 Å². The first-order valence-corrected chi connectivity index (χ1v) is 4.44. The van der Waals surface area contributed by atoms with E-state index in [-0.39, 0.29) is 6.04 Å². The predicted molar refractivity (Wildman–Crippen MR) is 52.7 cm³/mol. The molecule has 1 aromatic rings. The van der Waals surface area contributed by atoms with E-state index in [9.17, 15) is 0 Å². The van der Waals surface area contributed by atoms with Crippen molar-refractivity contribution in [3.8, 4) is 5.75 Å². The summed E-state index contributed by atoms with van der Waals surface area (Å²) in [6, 6.07) is 3.98. The highest BCUT2D eigenvalue weighted by Gasteiger charge is 2.22. The smallest absolute Gasteiger partial charge is 0.121 e. The first-order chi connectivity index (χ1) is 6.22. The molecule has 0 radical (unpaired) electrons. The van der Waals surface area contributed by atoms with Crippen molar-refractivity contribution in [2.75, 3.05) is 12.8 Å². The van der Waals surface area contributed by atoms with Crippen LogP contribution >= 0.6 is 0 Å². The quantitative estimate of drug-likeness (QED) is 0.636. The monoisotopic (exact) mass is 178 g/mol. The van der Waals surface area contributed by atoms with E-state index in [2.05, 4.69) is 0 Å². The Morgan fingerprint density at radius 2 is 2.23 bits per heavy atom. The second kappa shape index (κ2) is 2.92. The minimum atomic E-state index is 0.112. The lowest BCUT2D eigenvalue weighted by Gasteiger charge is -2.10. The maximum atomic E-state index is 5.92. The van der Waals surface area contributed by atoms with Crippen LogP contribution in [0.15, 0.2) is 12.1 Å². The molecule has 0 bridgehead atoms. The molecule has 0 aromatic heterocycles. The number of hydrogen-bond donors (Lipinski definition) is 2. The summed E-state index contributed by atoms with van der Waals surface area (Å²) in [5.74, 6) is 0.824. The molecule has 0 spiro atoms. The lowest BCUT2D eigenvalue weighted by atomic mass is 10.1. The van der Waals surface area contributed by atoms with E-state index in [0.717, 1.165) is 29.8 Å². The van der Waals surface area contributed by atoms with Gasteiger partial charge in [-0.15, -0.1) is 0 Å². The number of ether oxygens (including phenoxy) is 1. The fraction of sp³-hybridized carbons (Fsp3) is 0.400. The minimum Gasteiger partial charge on any atom is -0.497 e. The van der Waals surface area contributed by atoms with Gasteiger partial charge in [-0.3, -0.25) is 0 Å². The van der Waals surface area contributed by atoms with Crippen LogP contribution in [0.3, 0.4) is 0 Å². The van der Waals surface area contributed by atoms with Crippen molar-refractivity contribution in [3.05, 3.63) is 23.3 Å². The number of nitrogens with two attached hydrogens (primary N) is 2. The van der Waals surface area contributed by atoms with E-state index in [1.807, 2.05) is 12.1 Å². The van der Waals surface area contributed by atoms with Gasteiger partial charge < -0.3 is 16.2 Å². The molecule has 4 N–H and O–H groups in total. The molecule has 1 aliphatic carbocycles. The van der Waals surface area contributed by atoms with Crippen LogP contribution in [0.4, 0.5) is 5.69 Å². The van der Waals surface area contributed by atoms with Gasteiger partial charge in [0.2, 0.25) is 0 Å². The standard InChI is InChI=1S/C10H14N2O/c1-13-7-4-6-2-3-8(11)10(6)9(12)5-7/h4-5,8H,2-3,11-12H2,1H3/t8-/m0/s1. The third-order valence-electron chi connectivity index (χ3n) is 2.60. The van der Waals surface area contributed by atoms with Gasteiger partial charge in [-0.2, -0.15) is 0 Å². The largest absolute Gasteiger partial charge is 0.497 e. The summed E-state index contributed by atoms with van der Waals surface area (Å²) in [7, 11) is 1.65. The Hall–Kier alpha value is -1.22. The first-order valence-electron chi connectivity index (χ1n) is 4.44. The topological polar surface area (TPSA) is 61.3 Å². The molecule has 2 rings (SSSR count). The van der Waals surface area contributed by atoms with Crippen LogP contribution in [0.5, 0.6) is 5.75 Å². The molecule has 1 aromatic carbocycles. The van der Waals surface area contributed by atoms with Gasteiger partial charge >= 0.3 is 0 Å². The summed E-state index contributed by atoms with van der Waals surface area (Å²) in [5.41, 5.74) is 14.9.